The lowest BCUT2D eigenvalue weighted by molar-refractivity contribution is -0.125. The molecule has 3 aromatic heterocycles. The first kappa shape index (κ1) is 35.7. The van der Waals surface area contributed by atoms with E-state index in [0.717, 1.165) is 62.0 Å². The fourth-order valence-electron chi connectivity index (χ4n) is 7.34. The number of hydrogen-bond donors (Lipinski definition) is 2. The highest BCUT2D eigenvalue weighted by molar-refractivity contribution is 6.23. The number of imide groups is 1. The van der Waals surface area contributed by atoms with Gasteiger partial charge >= 0.3 is 0 Å². The van der Waals surface area contributed by atoms with Crippen molar-refractivity contribution >= 4 is 39.5 Å². The minimum absolute atomic E-state index is 0.0493. The Morgan fingerprint density at radius 1 is 0.789 bits per heavy atom. The maximum atomic E-state index is 13.1. The van der Waals surface area contributed by atoms with Gasteiger partial charge in [-0.05, 0) is 79.1 Å². The van der Waals surface area contributed by atoms with Crippen molar-refractivity contribution in [3.8, 4) is 40.3 Å². The fourth-order valence-corrected chi connectivity index (χ4v) is 7.34. The number of fused-ring (bicyclic) bond motifs is 4. The number of nitrogens with one attached hydrogen (secondary N) is 2. The van der Waals surface area contributed by atoms with Crippen LogP contribution in [0.5, 0.6) is 17.4 Å². The summed E-state index contributed by atoms with van der Waals surface area (Å²) < 4.78 is 23.6. The van der Waals surface area contributed by atoms with Gasteiger partial charge in [-0.1, -0.05) is 30.6 Å². The van der Waals surface area contributed by atoms with Crippen LogP contribution in [-0.4, -0.2) is 75.6 Å². The summed E-state index contributed by atoms with van der Waals surface area (Å²) in [4.78, 5) is 51.8. The van der Waals surface area contributed by atoms with Gasteiger partial charge in [-0.2, -0.15) is 0 Å². The molecular formula is C45H37N5O7. The van der Waals surface area contributed by atoms with Gasteiger partial charge in [0.15, 0.2) is 0 Å². The number of nitrogens with zero attached hydrogens (tertiary/aromatic N) is 3. The Labute approximate surface area is 327 Å². The van der Waals surface area contributed by atoms with E-state index in [9.17, 15) is 14.4 Å². The molecule has 12 nitrogen and oxygen atoms in total. The number of pyridine rings is 2. The topological polar surface area (TPSA) is 145 Å². The predicted octanol–water partition coefficient (Wildman–Crippen LogP) is 6.60. The first-order valence-electron chi connectivity index (χ1n) is 18.8. The summed E-state index contributed by atoms with van der Waals surface area (Å²) in [6.07, 6.45) is 8.04. The highest BCUT2D eigenvalue weighted by atomic mass is 16.5. The standard InChI is InChI=1S/C45H37N5O7/c1-27-4-14-41(43(51)48-27)50-44(52)36-13-11-32(24-37(36)45(50)53)55-20-19-54-18-2-3-28-5-9-31(10-6-28)56-33-22-34(23-33)57-42-15-8-30(25-47-42)29-7-12-35-38-26-46-17-16-39(38)49-40(35)21-29/h5-13,15-17,21,24-26,33-34,41,49H,1,4,14,18-20,22-23H2,(H,48,51). The number of benzene rings is 3. The zero-order chi connectivity index (χ0) is 38.9. The van der Waals surface area contributed by atoms with Gasteiger partial charge in [-0.25, -0.2) is 4.98 Å². The van der Waals surface area contributed by atoms with Crippen molar-refractivity contribution in [1.29, 1.82) is 0 Å². The van der Waals surface area contributed by atoms with Crippen LogP contribution in [-0.2, 0) is 9.53 Å². The Bertz CT molecular complexity index is 2600. The van der Waals surface area contributed by atoms with Gasteiger partial charge in [-0.3, -0.25) is 24.3 Å². The smallest absolute Gasteiger partial charge is 0.262 e. The number of piperidine rings is 1. The van der Waals surface area contributed by atoms with E-state index in [1.807, 2.05) is 54.9 Å². The molecule has 5 heterocycles. The van der Waals surface area contributed by atoms with Gasteiger partial charge in [0.25, 0.3) is 11.8 Å². The summed E-state index contributed by atoms with van der Waals surface area (Å²) in [6.45, 7) is 4.47. The van der Waals surface area contributed by atoms with Crippen molar-refractivity contribution < 1.29 is 33.3 Å². The lowest BCUT2D eigenvalue weighted by Gasteiger charge is -2.35. The van der Waals surface area contributed by atoms with Crippen LogP contribution in [0.1, 0.15) is 52.0 Å². The number of allylic oxidation sites excluding steroid dienone is 1. The summed E-state index contributed by atoms with van der Waals surface area (Å²) in [5.74, 6) is 6.50. The molecule has 12 heteroatoms. The second kappa shape index (κ2) is 15.3. The number of amides is 3. The zero-order valence-electron chi connectivity index (χ0n) is 30.8. The molecule has 1 atom stereocenters. The second-order valence-corrected chi connectivity index (χ2v) is 14.2. The van der Waals surface area contributed by atoms with Crippen LogP contribution in [0.4, 0.5) is 0 Å². The third kappa shape index (κ3) is 7.40. The number of ether oxygens (including phenoxy) is 4. The maximum absolute atomic E-state index is 13.1. The lowest BCUT2D eigenvalue weighted by atomic mass is 9.92. The Morgan fingerprint density at radius 2 is 1.60 bits per heavy atom. The van der Waals surface area contributed by atoms with E-state index in [0.29, 0.717) is 30.2 Å². The molecule has 1 unspecified atom stereocenters. The Balaban J connectivity index is 0.679. The first-order chi connectivity index (χ1) is 27.9. The third-order valence-electron chi connectivity index (χ3n) is 10.4. The average Bonchev–Trinajstić information content (AvgIpc) is 3.70. The third-order valence-corrected chi connectivity index (χ3v) is 10.4. The van der Waals surface area contributed by atoms with Gasteiger partial charge in [0, 0.05) is 76.1 Å². The van der Waals surface area contributed by atoms with Crippen LogP contribution in [0, 0.1) is 11.8 Å². The molecule has 3 amide bonds. The quantitative estimate of drug-likeness (QED) is 0.0848. The van der Waals surface area contributed by atoms with E-state index in [1.165, 1.54) is 6.07 Å². The van der Waals surface area contributed by atoms with Crippen molar-refractivity contribution in [2.45, 2.75) is 43.9 Å². The van der Waals surface area contributed by atoms with Crippen LogP contribution in [0.15, 0.2) is 110 Å². The van der Waals surface area contributed by atoms with Crippen LogP contribution in [0.3, 0.4) is 0 Å². The van der Waals surface area contributed by atoms with E-state index in [1.54, 1.807) is 18.3 Å². The van der Waals surface area contributed by atoms with E-state index in [2.05, 4.69) is 56.9 Å². The number of hydrogen-bond acceptors (Lipinski definition) is 9. The molecule has 2 aliphatic heterocycles. The number of carbonyl (C=O) groups is 3. The lowest BCUT2D eigenvalue weighted by Crippen LogP contribution is -2.51. The summed E-state index contributed by atoms with van der Waals surface area (Å²) in [7, 11) is 0. The Hall–Kier alpha value is -6.97. The molecule has 3 aromatic carbocycles. The second-order valence-electron chi connectivity index (χ2n) is 14.2. The number of H-pyrrole nitrogens is 1. The fraction of sp³-hybridized carbons (Fsp3) is 0.222. The molecule has 6 aromatic rings. The molecule has 2 fully saturated rings. The molecule has 9 rings (SSSR count). The average molecular weight is 760 g/mol. The molecule has 1 saturated heterocycles. The summed E-state index contributed by atoms with van der Waals surface area (Å²) in [5, 5.41) is 4.89. The molecule has 1 saturated carbocycles. The molecule has 2 N–H and O–H groups in total. The van der Waals surface area contributed by atoms with Crippen molar-refractivity contribution in [1.82, 2.24) is 25.2 Å². The summed E-state index contributed by atoms with van der Waals surface area (Å²) in [6, 6.07) is 23.8. The van der Waals surface area contributed by atoms with E-state index >= 15 is 0 Å². The largest absolute Gasteiger partial charge is 0.491 e. The van der Waals surface area contributed by atoms with Gasteiger partial charge < -0.3 is 29.2 Å². The number of carbonyl (C=O) groups excluding carboxylic acids is 3. The van der Waals surface area contributed by atoms with Crippen LogP contribution in [0.25, 0.3) is 32.9 Å². The van der Waals surface area contributed by atoms with E-state index < -0.39 is 23.8 Å². The predicted molar refractivity (Wildman–Crippen MR) is 212 cm³/mol. The minimum atomic E-state index is -0.858. The number of aromatic amines is 1. The molecule has 0 bridgehead atoms. The van der Waals surface area contributed by atoms with Crippen molar-refractivity contribution in [3.05, 3.63) is 126 Å². The molecular weight excluding hydrogens is 723 g/mol. The van der Waals surface area contributed by atoms with Crippen molar-refractivity contribution in [2.75, 3.05) is 19.8 Å². The monoisotopic (exact) mass is 759 g/mol. The van der Waals surface area contributed by atoms with Gasteiger partial charge in [0.05, 0.1) is 17.7 Å². The highest BCUT2D eigenvalue weighted by Crippen LogP contribution is 2.33. The van der Waals surface area contributed by atoms with Crippen LogP contribution < -0.4 is 19.5 Å². The molecule has 3 aliphatic rings. The molecule has 0 radical (unpaired) electrons. The van der Waals surface area contributed by atoms with Gasteiger partial charge in [-0.15, -0.1) is 0 Å². The number of aromatic nitrogens is 3. The highest BCUT2D eigenvalue weighted by Gasteiger charge is 2.44. The molecule has 57 heavy (non-hydrogen) atoms. The molecule has 0 spiro atoms. The Morgan fingerprint density at radius 3 is 2.42 bits per heavy atom. The van der Waals surface area contributed by atoms with Crippen LogP contribution in [0.2, 0.25) is 0 Å². The van der Waals surface area contributed by atoms with Crippen LogP contribution >= 0.6 is 0 Å². The van der Waals surface area contributed by atoms with E-state index in [-0.39, 0.29) is 43.2 Å². The minimum Gasteiger partial charge on any atom is -0.491 e. The Kier molecular flexibility index (Phi) is 9.58. The first-order valence-corrected chi connectivity index (χ1v) is 18.8. The van der Waals surface area contributed by atoms with E-state index in [4.69, 9.17) is 18.9 Å². The summed E-state index contributed by atoms with van der Waals surface area (Å²) in [5.41, 5.74) is 6.12. The molecule has 1 aliphatic carbocycles. The van der Waals surface area contributed by atoms with Gasteiger partial charge in [0.1, 0.15) is 43.0 Å². The summed E-state index contributed by atoms with van der Waals surface area (Å²) >= 11 is 0. The SMILES string of the molecule is C=C1CCC(N2C(=O)c3ccc(OCCOCC#Cc4ccc(OC5CC(Oc6ccc(-c7ccc8c(c7)[nH]c7ccncc78)cn6)C5)cc4)cc3C2=O)C(=O)N1. The van der Waals surface area contributed by atoms with Gasteiger partial charge in [0.2, 0.25) is 11.8 Å². The van der Waals surface area contributed by atoms with Crippen molar-refractivity contribution in [3.63, 3.8) is 0 Å². The maximum Gasteiger partial charge on any atom is 0.262 e. The number of rotatable bonds is 11. The normalized spacial score (nSPS) is 18.8. The zero-order valence-corrected chi connectivity index (χ0v) is 30.8. The molecule has 284 valence electrons. The van der Waals surface area contributed by atoms with Crippen molar-refractivity contribution in [2.24, 2.45) is 0 Å².